The van der Waals surface area contributed by atoms with Crippen LogP contribution in [0.5, 0.6) is 0 Å². The van der Waals surface area contributed by atoms with Crippen molar-refractivity contribution in [3.8, 4) is 0 Å². The second kappa shape index (κ2) is 14.9. The molecule has 3 aromatic carbocycles. The highest BCUT2D eigenvalue weighted by molar-refractivity contribution is 5.96. The molecule has 0 spiro atoms. The summed E-state index contributed by atoms with van der Waals surface area (Å²) in [7, 11) is 0. The van der Waals surface area contributed by atoms with Crippen LogP contribution in [0.1, 0.15) is 102 Å². The largest absolute Gasteiger partial charge is 0.481 e. The quantitative estimate of drug-likeness (QED) is 0.222. The van der Waals surface area contributed by atoms with Crippen LogP contribution in [0, 0.1) is 12.8 Å². The molecular formula is C38H48N2O3. The summed E-state index contributed by atoms with van der Waals surface area (Å²) in [5.74, 6) is -0.227. The van der Waals surface area contributed by atoms with Crippen molar-refractivity contribution in [3.63, 3.8) is 0 Å². The van der Waals surface area contributed by atoms with Crippen LogP contribution in [0.3, 0.4) is 0 Å². The van der Waals surface area contributed by atoms with Crippen LogP contribution in [-0.4, -0.2) is 46.3 Å². The summed E-state index contributed by atoms with van der Waals surface area (Å²) in [5, 5.41) is 9.52. The van der Waals surface area contributed by atoms with Crippen molar-refractivity contribution < 1.29 is 14.7 Å². The summed E-state index contributed by atoms with van der Waals surface area (Å²) in [5.41, 5.74) is 8.43. The minimum absolute atomic E-state index is 0.279. The molecule has 0 aliphatic carbocycles. The van der Waals surface area contributed by atoms with Crippen molar-refractivity contribution in [1.82, 2.24) is 9.80 Å². The van der Waals surface area contributed by atoms with E-state index in [1.165, 1.54) is 27.8 Å². The van der Waals surface area contributed by atoms with Crippen LogP contribution in [0.25, 0.3) is 0 Å². The van der Waals surface area contributed by atoms with Crippen molar-refractivity contribution in [1.29, 1.82) is 0 Å². The third-order valence-corrected chi connectivity index (χ3v) is 9.69. The summed E-state index contributed by atoms with van der Waals surface area (Å²) in [6.45, 7) is 10.1. The Bertz CT molecular complexity index is 1390. The lowest BCUT2D eigenvalue weighted by atomic mass is 9.90. The highest BCUT2D eigenvalue weighted by atomic mass is 16.4. The molecule has 2 aliphatic rings. The Morgan fingerprint density at radius 3 is 2.49 bits per heavy atom. The predicted molar refractivity (Wildman–Crippen MR) is 173 cm³/mol. The molecule has 1 saturated heterocycles. The number of hydrogen-bond donors (Lipinski definition) is 1. The van der Waals surface area contributed by atoms with E-state index in [1.54, 1.807) is 0 Å². The van der Waals surface area contributed by atoms with Crippen LogP contribution in [0.4, 0.5) is 0 Å². The van der Waals surface area contributed by atoms with E-state index in [1.807, 2.05) is 19.1 Å². The zero-order valence-corrected chi connectivity index (χ0v) is 26.1. The Labute approximate surface area is 257 Å². The van der Waals surface area contributed by atoms with E-state index in [-0.39, 0.29) is 5.78 Å². The zero-order chi connectivity index (χ0) is 30.2. The Hall–Kier alpha value is -3.28. The molecule has 0 amide bonds. The van der Waals surface area contributed by atoms with E-state index in [2.05, 4.69) is 71.3 Å². The minimum atomic E-state index is -0.749. The Morgan fingerprint density at radius 1 is 0.907 bits per heavy atom. The van der Waals surface area contributed by atoms with Crippen LogP contribution >= 0.6 is 0 Å². The smallest absolute Gasteiger partial charge is 0.310 e. The molecule has 1 fully saturated rings. The Kier molecular flexibility index (Phi) is 10.8. The van der Waals surface area contributed by atoms with E-state index in [9.17, 15) is 14.7 Å². The molecule has 5 rings (SSSR count). The molecular weight excluding hydrogens is 532 g/mol. The van der Waals surface area contributed by atoms with Crippen LogP contribution < -0.4 is 0 Å². The van der Waals surface area contributed by atoms with E-state index >= 15 is 0 Å². The molecule has 1 N–H and O–H groups in total. The molecule has 3 aromatic rings. The molecule has 5 heteroatoms. The monoisotopic (exact) mass is 580 g/mol. The Balaban J connectivity index is 1.07. The lowest BCUT2D eigenvalue weighted by Crippen LogP contribution is -2.33. The van der Waals surface area contributed by atoms with E-state index in [0.717, 1.165) is 88.9 Å². The molecule has 0 bridgehead atoms. The molecule has 0 aromatic heterocycles. The number of aryl methyl sites for hydroxylation is 2. The van der Waals surface area contributed by atoms with Gasteiger partial charge in [-0.1, -0.05) is 67.6 Å². The topological polar surface area (TPSA) is 60.9 Å². The van der Waals surface area contributed by atoms with Gasteiger partial charge in [0.1, 0.15) is 0 Å². The number of fused-ring (bicyclic) bond motifs is 1. The van der Waals surface area contributed by atoms with Crippen LogP contribution in [0.15, 0.2) is 66.7 Å². The summed E-state index contributed by atoms with van der Waals surface area (Å²) in [6, 6.07) is 23.2. The number of carbonyl (C=O) groups excluding carboxylic acids is 1. The van der Waals surface area contributed by atoms with Gasteiger partial charge in [0.25, 0.3) is 0 Å². The number of Topliss-reactive ketones (excluding diaryl/α,β-unsaturated/α-hetero) is 1. The Morgan fingerprint density at radius 2 is 1.72 bits per heavy atom. The number of nitrogens with zero attached hydrogens (tertiary/aromatic N) is 2. The fourth-order valence-corrected chi connectivity index (χ4v) is 7.02. The average molecular weight is 581 g/mol. The summed E-state index contributed by atoms with van der Waals surface area (Å²) in [4.78, 5) is 29.8. The van der Waals surface area contributed by atoms with Gasteiger partial charge in [-0.05, 0) is 117 Å². The molecule has 1 unspecified atom stereocenters. The first-order chi connectivity index (χ1) is 20.9. The number of benzene rings is 3. The molecule has 0 saturated carbocycles. The molecule has 2 heterocycles. The van der Waals surface area contributed by atoms with Crippen molar-refractivity contribution in [2.45, 2.75) is 90.8 Å². The second-order valence-corrected chi connectivity index (χ2v) is 12.8. The van der Waals surface area contributed by atoms with Gasteiger partial charge in [0.05, 0.1) is 5.92 Å². The van der Waals surface area contributed by atoms with Crippen LogP contribution in [-0.2, 0) is 30.8 Å². The van der Waals surface area contributed by atoms with Gasteiger partial charge in [-0.25, -0.2) is 0 Å². The molecule has 5 nitrogen and oxygen atoms in total. The number of aliphatic carboxylic acids is 1. The van der Waals surface area contributed by atoms with Gasteiger partial charge in [0.15, 0.2) is 5.78 Å². The van der Waals surface area contributed by atoms with E-state index < -0.39 is 11.9 Å². The van der Waals surface area contributed by atoms with Gasteiger partial charge in [-0.3, -0.25) is 19.4 Å². The highest BCUT2D eigenvalue weighted by Crippen LogP contribution is 2.27. The summed E-state index contributed by atoms with van der Waals surface area (Å²) in [6.07, 6.45) is 7.86. The van der Waals surface area contributed by atoms with Crippen molar-refractivity contribution in [3.05, 3.63) is 106 Å². The first-order valence-corrected chi connectivity index (χ1v) is 16.4. The van der Waals surface area contributed by atoms with E-state index in [4.69, 9.17) is 0 Å². The number of carboxylic acids is 1. The summed E-state index contributed by atoms with van der Waals surface area (Å²) >= 11 is 0. The van der Waals surface area contributed by atoms with Gasteiger partial charge in [0.2, 0.25) is 0 Å². The highest BCUT2D eigenvalue weighted by Gasteiger charge is 2.22. The minimum Gasteiger partial charge on any atom is -0.481 e. The molecule has 43 heavy (non-hydrogen) atoms. The van der Waals surface area contributed by atoms with Gasteiger partial charge < -0.3 is 5.11 Å². The van der Waals surface area contributed by atoms with Crippen LogP contribution in [0.2, 0.25) is 0 Å². The fourth-order valence-electron chi connectivity index (χ4n) is 7.02. The molecule has 1 atom stereocenters. The first-order valence-electron chi connectivity index (χ1n) is 16.4. The second-order valence-electron chi connectivity index (χ2n) is 12.8. The lowest BCUT2D eigenvalue weighted by molar-refractivity contribution is -0.138. The van der Waals surface area contributed by atoms with Gasteiger partial charge in [-0.15, -0.1) is 0 Å². The first kappa shape index (κ1) is 31.2. The fraction of sp³-hybridized carbons (Fsp3) is 0.474. The SMILES string of the molecule is CCC(C(=O)O)c1cccc(CN2CCC(CCCC(=O)c3ccc4c(c3)CN(Cc3ccccc3C)CCC4)CC2)c1. The van der Waals surface area contributed by atoms with E-state index in [0.29, 0.717) is 18.8 Å². The standard InChI is InChI=1S/C38H48N2O3/c1-3-36(38(42)43)32-13-6-11-30(23-32)25-39-21-18-29(19-22-39)10-7-15-37(41)33-17-16-31-14-8-20-40(27-35(31)24-33)26-34-12-5-4-9-28(34)2/h4-6,9,11-13,16-17,23-24,29,36H,3,7-8,10,14-15,18-22,25-27H2,1-2H3,(H,42,43). The van der Waals surface area contributed by atoms with Gasteiger partial charge >= 0.3 is 5.97 Å². The van der Waals surface area contributed by atoms with Crippen molar-refractivity contribution >= 4 is 11.8 Å². The predicted octanol–water partition coefficient (Wildman–Crippen LogP) is 7.79. The number of piperidine rings is 1. The van der Waals surface area contributed by atoms with Crippen molar-refractivity contribution in [2.75, 3.05) is 19.6 Å². The molecule has 2 aliphatic heterocycles. The number of carbonyl (C=O) groups is 2. The third-order valence-electron chi connectivity index (χ3n) is 9.69. The normalized spacial score (nSPS) is 17.3. The van der Waals surface area contributed by atoms with Crippen molar-refractivity contribution in [2.24, 2.45) is 5.92 Å². The maximum absolute atomic E-state index is 13.2. The maximum Gasteiger partial charge on any atom is 0.310 e. The number of rotatable bonds is 12. The lowest BCUT2D eigenvalue weighted by Gasteiger charge is -2.32. The van der Waals surface area contributed by atoms with Gasteiger partial charge in [0, 0.05) is 31.6 Å². The third kappa shape index (κ3) is 8.43. The summed E-state index contributed by atoms with van der Waals surface area (Å²) < 4.78 is 0. The average Bonchev–Trinajstić information content (AvgIpc) is 3.21. The van der Waals surface area contributed by atoms with Gasteiger partial charge in [-0.2, -0.15) is 0 Å². The number of ketones is 1. The molecule has 0 radical (unpaired) electrons. The molecule has 228 valence electrons. The number of likely N-dealkylation sites (tertiary alicyclic amines) is 1. The number of carboxylic acid groups (broad SMARTS) is 1. The zero-order valence-electron chi connectivity index (χ0n) is 26.1. The number of hydrogen-bond acceptors (Lipinski definition) is 4. The maximum atomic E-state index is 13.2.